The van der Waals surface area contributed by atoms with E-state index in [1.807, 2.05) is 43.3 Å². The van der Waals surface area contributed by atoms with Crippen molar-refractivity contribution in [2.45, 2.75) is 26.1 Å². The number of hydrogen-bond donors (Lipinski definition) is 1. The molecule has 3 heteroatoms. The Bertz CT molecular complexity index is 474. The van der Waals surface area contributed by atoms with Gasteiger partial charge in [0.1, 0.15) is 0 Å². The van der Waals surface area contributed by atoms with Crippen LogP contribution in [0.3, 0.4) is 0 Å². The fraction of sp³-hybridized carbons (Fsp3) is 0.368. The van der Waals surface area contributed by atoms with Gasteiger partial charge in [-0.3, -0.25) is 4.90 Å². The molecule has 0 saturated carbocycles. The molecule has 0 saturated heterocycles. The van der Waals surface area contributed by atoms with Crippen molar-refractivity contribution in [2.75, 3.05) is 19.8 Å². The van der Waals surface area contributed by atoms with E-state index in [1.54, 1.807) is 0 Å². The van der Waals surface area contributed by atoms with Gasteiger partial charge in [0.05, 0.1) is 12.7 Å². The van der Waals surface area contributed by atoms with Crippen molar-refractivity contribution >= 4 is 0 Å². The molecule has 2 aromatic carbocycles. The van der Waals surface area contributed by atoms with Crippen LogP contribution in [-0.2, 0) is 17.8 Å². The molecular formula is C19H25NO2. The molecule has 0 radical (unpaired) electrons. The van der Waals surface area contributed by atoms with E-state index in [2.05, 4.69) is 29.2 Å². The standard InChI is InChI=1S/C19H25NO2/c1-2-22-16-19(21)15-20(13-17-9-5-3-6-10-17)14-18-11-7-4-8-12-18/h3-12,19,21H,2,13-16H2,1H3. The Labute approximate surface area is 133 Å². The lowest BCUT2D eigenvalue weighted by Crippen LogP contribution is -2.34. The van der Waals surface area contributed by atoms with Gasteiger partial charge in [-0.05, 0) is 18.1 Å². The first-order valence-electron chi connectivity index (χ1n) is 7.84. The predicted molar refractivity (Wildman–Crippen MR) is 89.5 cm³/mol. The van der Waals surface area contributed by atoms with Crippen molar-refractivity contribution in [1.29, 1.82) is 0 Å². The molecule has 2 aromatic rings. The molecule has 1 atom stereocenters. The lowest BCUT2D eigenvalue weighted by Gasteiger charge is -2.25. The Balaban J connectivity index is 1.99. The Kier molecular flexibility index (Phi) is 7.10. The average Bonchev–Trinajstić information content (AvgIpc) is 2.55. The zero-order chi connectivity index (χ0) is 15.6. The monoisotopic (exact) mass is 299 g/mol. The molecule has 0 aromatic heterocycles. The number of rotatable bonds is 9. The fourth-order valence-corrected chi connectivity index (χ4v) is 2.47. The highest BCUT2D eigenvalue weighted by molar-refractivity contribution is 5.17. The molecule has 0 spiro atoms. The highest BCUT2D eigenvalue weighted by Crippen LogP contribution is 2.10. The minimum atomic E-state index is -0.465. The van der Waals surface area contributed by atoms with E-state index in [0.29, 0.717) is 19.8 Å². The third-order valence-electron chi connectivity index (χ3n) is 3.48. The number of aliphatic hydroxyl groups is 1. The molecule has 1 unspecified atom stereocenters. The van der Waals surface area contributed by atoms with Crippen LogP contribution in [-0.4, -0.2) is 35.9 Å². The Morgan fingerprint density at radius 3 is 1.86 bits per heavy atom. The molecule has 0 fully saturated rings. The number of hydrogen-bond acceptors (Lipinski definition) is 3. The molecular weight excluding hydrogens is 274 g/mol. The van der Waals surface area contributed by atoms with Gasteiger partial charge >= 0.3 is 0 Å². The predicted octanol–water partition coefficient (Wildman–Crippen LogP) is 3.09. The van der Waals surface area contributed by atoms with E-state index in [-0.39, 0.29) is 0 Å². The molecule has 0 aliphatic heterocycles. The van der Waals surface area contributed by atoms with Gasteiger partial charge in [-0.25, -0.2) is 0 Å². The summed E-state index contributed by atoms with van der Waals surface area (Å²) in [6.07, 6.45) is -0.465. The smallest absolute Gasteiger partial charge is 0.0900 e. The van der Waals surface area contributed by atoms with Gasteiger partial charge in [-0.15, -0.1) is 0 Å². The normalized spacial score (nSPS) is 12.5. The van der Waals surface area contributed by atoms with Crippen LogP contribution in [0, 0.1) is 0 Å². The van der Waals surface area contributed by atoms with E-state index in [4.69, 9.17) is 4.74 Å². The van der Waals surface area contributed by atoms with E-state index < -0.39 is 6.10 Å². The zero-order valence-corrected chi connectivity index (χ0v) is 13.2. The van der Waals surface area contributed by atoms with Crippen molar-refractivity contribution in [1.82, 2.24) is 4.90 Å². The maximum absolute atomic E-state index is 10.1. The highest BCUT2D eigenvalue weighted by Gasteiger charge is 2.13. The largest absolute Gasteiger partial charge is 0.389 e. The van der Waals surface area contributed by atoms with E-state index in [9.17, 15) is 5.11 Å². The first kappa shape index (κ1) is 16.7. The van der Waals surface area contributed by atoms with Crippen molar-refractivity contribution in [3.8, 4) is 0 Å². The average molecular weight is 299 g/mol. The molecule has 0 bridgehead atoms. The van der Waals surface area contributed by atoms with Gasteiger partial charge < -0.3 is 9.84 Å². The quantitative estimate of drug-likeness (QED) is 0.772. The van der Waals surface area contributed by atoms with Crippen molar-refractivity contribution in [3.05, 3.63) is 71.8 Å². The second kappa shape index (κ2) is 9.36. The first-order valence-corrected chi connectivity index (χ1v) is 7.84. The molecule has 0 heterocycles. The van der Waals surface area contributed by atoms with Crippen molar-refractivity contribution in [3.63, 3.8) is 0 Å². The maximum atomic E-state index is 10.1. The lowest BCUT2D eigenvalue weighted by molar-refractivity contribution is 0.0179. The molecule has 0 amide bonds. The first-order chi connectivity index (χ1) is 10.8. The maximum Gasteiger partial charge on any atom is 0.0900 e. The zero-order valence-electron chi connectivity index (χ0n) is 13.2. The van der Waals surface area contributed by atoms with Crippen LogP contribution in [0.5, 0.6) is 0 Å². The molecule has 0 aliphatic rings. The van der Waals surface area contributed by atoms with Crippen LogP contribution < -0.4 is 0 Å². The Hall–Kier alpha value is -1.68. The third-order valence-corrected chi connectivity index (χ3v) is 3.48. The topological polar surface area (TPSA) is 32.7 Å². The van der Waals surface area contributed by atoms with E-state index in [0.717, 1.165) is 13.1 Å². The lowest BCUT2D eigenvalue weighted by atomic mass is 10.1. The van der Waals surface area contributed by atoms with Gasteiger partial charge in [0, 0.05) is 26.2 Å². The molecule has 118 valence electrons. The van der Waals surface area contributed by atoms with E-state index in [1.165, 1.54) is 11.1 Å². The van der Waals surface area contributed by atoms with Gasteiger partial charge in [0.25, 0.3) is 0 Å². The minimum Gasteiger partial charge on any atom is -0.389 e. The number of benzene rings is 2. The molecule has 22 heavy (non-hydrogen) atoms. The summed E-state index contributed by atoms with van der Waals surface area (Å²) in [6.45, 7) is 5.20. The van der Waals surface area contributed by atoms with Gasteiger partial charge in [-0.1, -0.05) is 60.7 Å². The van der Waals surface area contributed by atoms with Crippen molar-refractivity contribution in [2.24, 2.45) is 0 Å². The molecule has 3 nitrogen and oxygen atoms in total. The second-order valence-electron chi connectivity index (χ2n) is 5.45. The Morgan fingerprint density at radius 1 is 0.909 bits per heavy atom. The minimum absolute atomic E-state index is 0.385. The summed E-state index contributed by atoms with van der Waals surface area (Å²) in [7, 11) is 0. The fourth-order valence-electron chi connectivity index (χ4n) is 2.47. The summed E-state index contributed by atoms with van der Waals surface area (Å²) >= 11 is 0. The summed E-state index contributed by atoms with van der Waals surface area (Å²) in [5.41, 5.74) is 2.50. The van der Waals surface area contributed by atoms with Crippen LogP contribution in [0.2, 0.25) is 0 Å². The summed E-state index contributed by atoms with van der Waals surface area (Å²) in [5, 5.41) is 10.1. The van der Waals surface area contributed by atoms with Crippen LogP contribution >= 0.6 is 0 Å². The summed E-state index contributed by atoms with van der Waals surface area (Å²) in [4.78, 5) is 2.26. The van der Waals surface area contributed by atoms with Crippen LogP contribution in [0.25, 0.3) is 0 Å². The highest BCUT2D eigenvalue weighted by atomic mass is 16.5. The summed E-state index contributed by atoms with van der Waals surface area (Å²) in [6, 6.07) is 20.7. The van der Waals surface area contributed by atoms with Crippen LogP contribution in [0.1, 0.15) is 18.1 Å². The van der Waals surface area contributed by atoms with Gasteiger partial charge in [0.15, 0.2) is 0 Å². The van der Waals surface area contributed by atoms with Gasteiger partial charge in [0.2, 0.25) is 0 Å². The van der Waals surface area contributed by atoms with Crippen LogP contribution in [0.4, 0.5) is 0 Å². The molecule has 2 rings (SSSR count). The SMILES string of the molecule is CCOCC(O)CN(Cc1ccccc1)Cc1ccccc1. The summed E-state index contributed by atoms with van der Waals surface area (Å²) in [5.74, 6) is 0. The van der Waals surface area contributed by atoms with Gasteiger partial charge in [-0.2, -0.15) is 0 Å². The number of aliphatic hydroxyl groups excluding tert-OH is 1. The number of nitrogens with zero attached hydrogens (tertiary/aromatic N) is 1. The molecule has 1 N–H and O–H groups in total. The Morgan fingerprint density at radius 2 is 1.41 bits per heavy atom. The van der Waals surface area contributed by atoms with Crippen LogP contribution in [0.15, 0.2) is 60.7 Å². The molecule has 0 aliphatic carbocycles. The number of ether oxygens (including phenoxy) is 1. The third kappa shape index (κ3) is 5.98. The second-order valence-corrected chi connectivity index (χ2v) is 5.45. The van der Waals surface area contributed by atoms with E-state index >= 15 is 0 Å². The van der Waals surface area contributed by atoms with Crippen molar-refractivity contribution < 1.29 is 9.84 Å². The summed E-state index contributed by atoms with van der Waals surface area (Å²) < 4.78 is 5.32.